The SMILES string of the molecule is CC(C)CC(=O)NCc1cc(-c2ccccn2)n(C)n1. The van der Waals surface area contributed by atoms with Gasteiger partial charge in [-0.15, -0.1) is 0 Å². The third-order valence-electron chi connectivity index (χ3n) is 2.92. The van der Waals surface area contributed by atoms with Gasteiger partial charge in [-0.2, -0.15) is 5.10 Å². The van der Waals surface area contributed by atoms with E-state index < -0.39 is 0 Å². The van der Waals surface area contributed by atoms with Crippen LogP contribution in [-0.4, -0.2) is 20.7 Å². The lowest BCUT2D eigenvalue weighted by Crippen LogP contribution is -2.24. The zero-order valence-corrected chi connectivity index (χ0v) is 12.1. The summed E-state index contributed by atoms with van der Waals surface area (Å²) in [5, 5.41) is 7.29. The lowest BCUT2D eigenvalue weighted by Gasteiger charge is -2.04. The summed E-state index contributed by atoms with van der Waals surface area (Å²) in [6.07, 6.45) is 2.30. The molecule has 0 atom stereocenters. The molecule has 2 aromatic heterocycles. The van der Waals surface area contributed by atoms with Crippen molar-refractivity contribution in [2.24, 2.45) is 13.0 Å². The van der Waals surface area contributed by atoms with Gasteiger partial charge < -0.3 is 5.32 Å². The van der Waals surface area contributed by atoms with E-state index in [-0.39, 0.29) is 5.91 Å². The topological polar surface area (TPSA) is 59.8 Å². The molecule has 0 saturated heterocycles. The third-order valence-corrected chi connectivity index (χ3v) is 2.92. The quantitative estimate of drug-likeness (QED) is 0.907. The number of carbonyl (C=O) groups excluding carboxylic acids is 1. The molecule has 2 aromatic rings. The van der Waals surface area contributed by atoms with Crippen molar-refractivity contribution in [1.82, 2.24) is 20.1 Å². The van der Waals surface area contributed by atoms with Crippen LogP contribution in [0.5, 0.6) is 0 Å². The van der Waals surface area contributed by atoms with Crippen molar-refractivity contribution < 1.29 is 4.79 Å². The minimum Gasteiger partial charge on any atom is -0.350 e. The van der Waals surface area contributed by atoms with E-state index in [1.807, 2.05) is 45.2 Å². The second kappa shape index (κ2) is 6.32. The Labute approximate surface area is 119 Å². The fourth-order valence-electron chi connectivity index (χ4n) is 2.00. The number of carbonyl (C=O) groups is 1. The highest BCUT2D eigenvalue weighted by molar-refractivity contribution is 5.76. The zero-order chi connectivity index (χ0) is 14.5. The summed E-state index contributed by atoms with van der Waals surface area (Å²) < 4.78 is 1.78. The van der Waals surface area contributed by atoms with Crippen LogP contribution in [0.15, 0.2) is 30.5 Å². The molecule has 0 unspecified atom stereocenters. The first-order valence-corrected chi connectivity index (χ1v) is 6.77. The van der Waals surface area contributed by atoms with Gasteiger partial charge in [0.15, 0.2) is 0 Å². The summed E-state index contributed by atoms with van der Waals surface area (Å²) in [6.45, 7) is 4.51. The molecule has 106 valence electrons. The van der Waals surface area contributed by atoms with Gasteiger partial charge in [-0.1, -0.05) is 19.9 Å². The second-order valence-corrected chi connectivity index (χ2v) is 5.23. The summed E-state index contributed by atoms with van der Waals surface area (Å²) in [5.41, 5.74) is 2.66. The highest BCUT2D eigenvalue weighted by Crippen LogP contribution is 2.16. The number of amides is 1. The molecule has 0 fully saturated rings. The summed E-state index contributed by atoms with van der Waals surface area (Å²) in [6, 6.07) is 7.72. The Morgan fingerprint density at radius 1 is 1.40 bits per heavy atom. The van der Waals surface area contributed by atoms with E-state index in [1.165, 1.54) is 0 Å². The highest BCUT2D eigenvalue weighted by atomic mass is 16.1. The molecule has 0 radical (unpaired) electrons. The van der Waals surface area contributed by atoms with Gasteiger partial charge in [-0.25, -0.2) is 0 Å². The van der Waals surface area contributed by atoms with Crippen LogP contribution in [0.4, 0.5) is 0 Å². The first kappa shape index (κ1) is 14.2. The standard InChI is InChI=1S/C15H20N4O/c1-11(2)8-15(20)17-10-12-9-14(19(3)18-12)13-6-4-5-7-16-13/h4-7,9,11H,8,10H2,1-3H3,(H,17,20). The van der Waals surface area contributed by atoms with E-state index >= 15 is 0 Å². The van der Waals surface area contributed by atoms with Gasteiger partial charge >= 0.3 is 0 Å². The van der Waals surface area contributed by atoms with Crippen LogP contribution in [0.1, 0.15) is 26.0 Å². The lowest BCUT2D eigenvalue weighted by molar-refractivity contribution is -0.121. The number of nitrogens with zero attached hydrogens (tertiary/aromatic N) is 3. The van der Waals surface area contributed by atoms with E-state index in [0.29, 0.717) is 18.9 Å². The summed E-state index contributed by atoms with van der Waals surface area (Å²) in [5.74, 6) is 0.424. The van der Waals surface area contributed by atoms with E-state index in [9.17, 15) is 4.79 Å². The van der Waals surface area contributed by atoms with Gasteiger partial charge in [0.25, 0.3) is 0 Å². The molecule has 20 heavy (non-hydrogen) atoms. The van der Waals surface area contributed by atoms with Crippen LogP contribution >= 0.6 is 0 Å². The smallest absolute Gasteiger partial charge is 0.220 e. The van der Waals surface area contributed by atoms with Crippen molar-refractivity contribution in [2.45, 2.75) is 26.8 Å². The van der Waals surface area contributed by atoms with Gasteiger partial charge in [0.2, 0.25) is 5.91 Å². The molecule has 2 heterocycles. The largest absolute Gasteiger partial charge is 0.350 e. The Bertz CT molecular complexity index is 575. The van der Waals surface area contributed by atoms with Crippen LogP contribution < -0.4 is 5.32 Å². The van der Waals surface area contributed by atoms with Crippen molar-refractivity contribution in [3.63, 3.8) is 0 Å². The molecule has 0 aliphatic heterocycles. The number of pyridine rings is 1. The average Bonchev–Trinajstić information content (AvgIpc) is 2.78. The molecule has 1 amide bonds. The van der Waals surface area contributed by atoms with Crippen molar-refractivity contribution in [3.05, 3.63) is 36.2 Å². The highest BCUT2D eigenvalue weighted by Gasteiger charge is 2.10. The average molecular weight is 272 g/mol. The fraction of sp³-hybridized carbons (Fsp3) is 0.400. The number of aryl methyl sites for hydroxylation is 1. The van der Waals surface area contributed by atoms with E-state index in [2.05, 4.69) is 15.4 Å². The van der Waals surface area contributed by atoms with Crippen LogP contribution in [0.2, 0.25) is 0 Å². The van der Waals surface area contributed by atoms with E-state index in [1.54, 1.807) is 10.9 Å². The van der Waals surface area contributed by atoms with Gasteiger partial charge in [-0.3, -0.25) is 14.5 Å². The molecule has 0 aliphatic rings. The minimum absolute atomic E-state index is 0.0602. The Morgan fingerprint density at radius 2 is 2.20 bits per heavy atom. The van der Waals surface area contributed by atoms with Gasteiger partial charge in [0.1, 0.15) is 0 Å². The lowest BCUT2D eigenvalue weighted by atomic mass is 10.1. The van der Waals surface area contributed by atoms with E-state index in [0.717, 1.165) is 17.1 Å². The number of rotatable bonds is 5. The minimum atomic E-state index is 0.0602. The van der Waals surface area contributed by atoms with Crippen LogP contribution in [0, 0.1) is 5.92 Å². The van der Waals surface area contributed by atoms with E-state index in [4.69, 9.17) is 0 Å². The number of aromatic nitrogens is 3. The first-order chi connectivity index (χ1) is 9.56. The third kappa shape index (κ3) is 3.66. The molecule has 5 nitrogen and oxygen atoms in total. The summed E-state index contributed by atoms with van der Waals surface area (Å²) in [7, 11) is 1.88. The fourth-order valence-corrected chi connectivity index (χ4v) is 2.00. The predicted molar refractivity (Wildman–Crippen MR) is 77.7 cm³/mol. The van der Waals surface area contributed by atoms with Crippen molar-refractivity contribution in [2.75, 3.05) is 0 Å². The molecule has 0 saturated carbocycles. The van der Waals surface area contributed by atoms with Crippen molar-refractivity contribution in [3.8, 4) is 11.4 Å². The van der Waals surface area contributed by atoms with Crippen molar-refractivity contribution >= 4 is 5.91 Å². The molecule has 5 heteroatoms. The maximum atomic E-state index is 11.6. The molecular weight excluding hydrogens is 252 g/mol. The Balaban J connectivity index is 2.03. The van der Waals surface area contributed by atoms with Crippen molar-refractivity contribution in [1.29, 1.82) is 0 Å². The number of nitrogens with one attached hydrogen (secondary N) is 1. The van der Waals surface area contributed by atoms with Gasteiger partial charge in [0, 0.05) is 19.7 Å². The zero-order valence-electron chi connectivity index (χ0n) is 12.1. The molecular formula is C15H20N4O. The molecule has 0 spiro atoms. The molecule has 0 aliphatic carbocycles. The maximum Gasteiger partial charge on any atom is 0.220 e. The Hall–Kier alpha value is -2.17. The molecule has 2 rings (SSSR count). The Morgan fingerprint density at radius 3 is 2.85 bits per heavy atom. The first-order valence-electron chi connectivity index (χ1n) is 6.77. The molecule has 0 aromatic carbocycles. The van der Waals surface area contributed by atoms with Crippen LogP contribution in [0.3, 0.4) is 0 Å². The van der Waals surface area contributed by atoms with Crippen LogP contribution in [-0.2, 0) is 18.4 Å². The van der Waals surface area contributed by atoms with Gasteiger partial charge in [0.05, 0.1) is 23.6 Å². The maximum absolute atomic E-state index is 11.6. The summed E-state index contributed by atoms with van der Waals surface area (Å²) >= 11 is 0. The number of hydrogen-bond acceptors (Lipinski definition) is 3. The van der Waals surface area contributed by atoms with Gasteiger partial charge in [-0.05, 0) is 24.1 Å². The Kier molecular flexibility index (Phi) is 4.50. The molecule has 0 bridgehead atoms. The molecule has 1 N–H and O–H groups in total. The van der Waals surface area contributed by atoms with Crippen LogP contribution in [0.25, 0.3) is 11.4 Å². The second-order valence-electron chi connectivity index (χ2n) is 5.23. The predicted octanol–water partition coefficient (Wildman–Crippen LogP) is 2.14. The normalized spacial score (nSPS) is 10.8. The summed E-state index contributed by atoms with van der Waals surface area (Å²) in [4.78, 5) is 15.9. The monoisotopic (exact) mass is 272 g/mol. The number of hydrogen-bond donors (Lipinski definition) is 1.